The fourth-order valence-electron chi connectivity index (χ4n) is 4.92. The van der Waals surface area contributed by atoms with Gasteiger partial charge in [-0.2, -0.15) is 0 Å². The van der Waals surface area contributed by atoms with E-state index >= 15 is 0 Å². The van der Waals surface area contributed by atoms with E-state index in [0.717, 1.165) is 23.8 Å². The summed E-state index contributed by atoms with van der Waals surface area (Å²) in [5.74, 6) is 3.67. The Hall–Kier alpha value is -1.65. The van der Waals surface area contributed by atoms with Crippen LogP contribution in [0.2, 0.25) is 0 Å². The number of rotatable bonds is 3. The highest BCUT2D eigenvalue weighted by molar-refractivity contribution is 5.84. The molecule has 4 bridgehead atoms. The summed E-state index contributed by atoms with van der Waals surface area (Å²) in [7, 11) is 0. The maximum atomic E-state index is 10.5. The van der Waals surface area contributed by atoms with Crippen LogP contribution in [0, 0.1) is 23.7 Å². The average molecular weight is 274 g/mol. The standard InChI is InChI=1S/C15H18N2O3/c18-13(19)2-1-12-16-17-15(20-12)14-10-4-8-3-9(6-10)7-11(14)5-8/h1-2,8-11,14H,3-7H2,(H,18,19)/b2-1+. The van der Waals surface area contributed by atoms with Gasteiger partial charge in [0.1, 0.15) is 0 Å². The van der Waals surface area contributed by atoms with E-state index in [0.29, 0.717) is 23.6 Å². The minimum atomic E-state index is -1.00. The third-order valence-electron chi connectivity index (χ3n) is 5.34. The molecule has 0 unspecified atom stereocenters. The molecule has 20 heavy (non-hydrogen) atoms. The van der Waals surface area contributed by atoms with E-state index in [1.807, 2.05) is 0 Å². The zero-order valence-corrected chi connectivity index (χ0v) is 11.2. The summed E-state index contributed by atoms with van der Waals surface area (Å²) in [5.41, 5.74) is 0. The second-order valence-electron chi connectivity index (χ2n) is 6.61. The van der Waals surface area contributed by atoms with Crippen LogP contribution in [-0.4, -0.2) is 21.3 Å². The van der Waals surface area contributed by atoms with Crippen molar-refractivity contribution in [2.45, 2.75) is 38.0 Å². The number of carboxylic acids is 1. The van der Waals surface area contributed by atoms with Gasteiger partial charge in [0.25, 0.3) is 0 Å². The van der Waals surface area contributed by atoms with Gasteiger partial charge in [-0.3, -0.25) is 0 Å². The number of nitrogens with zero attached hydrogens (tertiary/aromatic N) is 2. The van der Waals surface area contributed by atoms with Crippen molar-refractivity contribution in [2.75, 3.05) is 0 Å². The van der Waals surface area contributed by atoms with Gasteiger partial charge in [-0.05, 0) is 55.8 Å². The zero-order chi connectivity index (χ0) is 13.7. The van der Waals surface area contributed by atoms with Crippen molar-refractivity contribution in [3.63, 3.8) is 0 Å². The number of hydrogen-bond acceptors (Lipinski definition) is 4. The molecule has 106 valence electrons. The van der Waals surface area contributed by atoms with Crippen LogP contribution in [0.4, 0.5) is 0 Å². The molecule has 1 heterocycles. The number of carboxylic acid groups (broad SMARTS) is 1. The molecule has 0 aromatic carbocycles. The monoisotopic (exact) mass is 274 g/mol. The van der Waals surface area contributed by atoms with Gasteiger partial charge >= 0.3 is 5.97 Å². The number of aromatic nitrogens is 2. The Morgan fingerprint density at radius 3 is 2.35 bits per heavy atom. The lowest BCUT2D eigenvalue weighted by Gasteiger charge is -2.53. The predicted molar refractivity (Wildman–Crippen MR) is 70.8 cm³/mol. The summed E-state index contributed by atoms with van der Waals surface area (Å²) in [5, 5.41) is 16.8. The minimum Gasteiger partial charge on any atom is -0.478 e. The molecule has 4 fully saturated rings. The first-order chi connectivity index (χ1) is 9.69. The minimum absolute atomic E-state index is 0.302. The molecule has 5 nitrogen and oxygen atoms in total. The molecular formula is C15H18N2O3. The summed E-state index contributed by atoms with van der Waals surface area (Å²) in [6.07, 6.45) is 9.06. The molecule has 4 saturated carbocycles. The molecule has 0 aliphatic heterocycles. The summed E-state index contributed by atoms with van der Waals surface area (Å²) >= 11 is 0. The van der Waals surface area contributed by atoms with Crippen molar-refractivity contribution >= 4 is 12.0 Å². The number of carbonyl (C=O) groups is 1. The molecule has 1 N–H and O–H groups in total. The second kappa shape index (κ2) is 4.43. The van der Waals surface area contributed by atoms with Crippen LogP contribution in [0.25, 0.3) is 6.08 Å². The molecular weight excluding hydrogens is 256 g/mol. The Morgan fingerprint density at radius 1 is 1.10 bits per heavy atom. The highest BCUT2D eigenvalue weighted by Crippen LogP contribution is 2.59. The average Bonchev–Trinajstić information content (AvgIpc) is 2.83. The Labute approximate surface area is 117 Å². The fraction of sp³-hybridized carbons (Fsp3) is 0.667. The summed E-state index contributed by atoms with van der Waals surface area (Å²) in [6.45, 7) is 0. The van der Waals surface area contributed by atoms with Crippen molar-refractivity contribution < 1.29 is 14.3 Å². The molecule has 0 amide bonds. The van der Waals surface area contributed by atoms with Crippen molar-refractivity contribution in [3.8, 4) is 0 Å². The Balaban J connectivity index is 1.57. The molecule has 1 aromatic rings. The van der Waals surface area contributed by atoms with Gasteiger partial charge < -0.3 is 9.52 Å². The molecule has 0 spiro atoms. The SMILES string of the molecule is O=C(O)/C=C/c1nnc(C2C3CC4CC(C3)CC2C4)o1. The third kappa shape index (κ3) is 1.96. The van der Waals surface area contributed by atoms with Crippen molar-refractivity contribution in [3.05, 3.63) is 17.9 Å². The van der Waals surface area contributed by atoms with Crippen molar-refractivity contribution in [1.82, 2.24) is 10.2 Å². The van der Waals surface area contributed by atoms with Gasteiger partial charge in [-0.15, -0.1) is 10.2 Å². The smallest absolute Gasteiger partial charge is 0.328 e. The van der Waals surface area contributed by atoms with E-state index in [9.17, 15) is 4.79 Å². The first-order valence-electron chi connectivity index (χ1n) is 7.43. The number of aliphatic carboxylic acids is 1. The highest BCUT2D eigenvalue weighted by Gasteiger charge is 2.50. The van der Waals surface area contributed by atoms with E-state index in [2.05, 4.69) is 10.2 Å². The van der Waals surface area contributed by atoms with Crippen molar-refractivity contribution in [2.24, 2.45) is 23.7 Å². The van der Waals surface area contributed by atoms with Crippen LogP contribution < -0.4 is 0 Å². The van der Waals surface area contributed by atoms with E-state index in [-0.39, 0.29) is 0 Å². The van der Waals surface area contributed by atoms with Gasteiger partial charge in [-0.25, -0.2) is 4.79 Å². The van der Waals surface area contributed by atoms with Crippen LogP contribution in [0.1, 0.15) is 49.8 Å². The summed E-state index contributed by atoms with van der Waals surface area (Å²) in [4.78, 5) is 10.5. The van der Waals surface area contributed by atoms with E-state index in [1.165, 1.54) is 38.2 Å². The quantitative estimate of drug-likeness (QED) is 0.857. The van der Waals surface area contributed by atoms with Gasteiger partial charge in [-0.1, -0.05) is 0 Å². The molecule has 4 aliphatic carbocycles. The van der Waals surface area contributed by atoms with Crippen LogP contribution in [0.3, 0.4) is 0 Å². The molecule has 0 radical (unpaired) electrons. The summed E-state index contributed by atoms with van der Waals surface area (Å²) < 4.78 is 5.69. The Morgan fingerprint density at radius 2 is 1.75 bits per heavy atom. The van der Waals surface area contributed by atoms with E-state index < -0.39 is 5.97 Å². The van der Waals surface area contributed by atoms with Crippen LogP contribution in [-0.2, 0) is 4.79 Å². The molecule has 4 aliphatic rings. The molecule has 0 atom stereocenters. The van der Waals surface area contributed by atoms with Crippen LogP contribution in [0.5, 0.6) is 0 Å². The van der Waals surface area contributed by atoms with Gasteiger partial charge in [0.15, 0.2) is 0 Å². The predicted octanol–water partition coefficient (Wildman–Crippen LogP) is 2.71. The first-order valence-corrected chi connectivity index (χ1v) is 7.43. The molecule has 1 aromatic heterocycles. The lowest BCUT2D eigenvalue weighted by molar-refractivity contribution is -0.131. The van der Waals surface area contributed by atoms with Crippen LogP contribution in [0.15, 0.2) is 10.5 Å². The Bertz CT molecular complexity index is 535. The second-order valence-corrected chi connectivity index (χ2v) is 6.61. The van der Waals surface area contributed by atoms with Gasteiger partial charge in [0.2, 0.25) is 11.8 Å². The lowest BCUT2D eigenvalue weighted by atomic mass is 9.52. The largest absolute Gasteiger partial charge is 0.478 e. The first kappa shape index (κ1) is 12.1. The van der Waals surface area contributed by atoms with Gasteiger partial charge in [0.05, 0.1) is 0 Å². The third-order valence-corrected chi connectivity index (χ3v) is 5.34. The molecule has 5 rings (SSSR count). The molecule has 5 heteroatoms. The zero-order valence-electron chi connectivity index (χ0n) is 11.2. The van der Waals surface area contributed by atoms with Crippen molar-refractivity contribution in [1.29, 1.82) is 0 Å². The maximum Gasteiger partial charge on any atom is 0.328 e. The highest BCUT2D eigenvalue weighted by atomic mass is 16.4. The maximum absolute atomic E-state index is 10.5. The lowest BCUT2D eigenvalue weighted by Crippen LogP contribution is -2.43. The van der Waals surface area contributed by atoms with E-state index in [4.69, 9.17) is 9.52 Å². The molecule has 0 saturated heterocycles. The van der Waals surface area contributed by atoms with Crippen LogP contribution >= 0.6 is 0 Å². The topological polar surface area (TPSA) is 76.2 Å². The Kier molecular flexibility index (Phi) is 2.69. The van der Waals surface area contributed by atoms with E-state index in [1.54, 1.807) is 0 Å². The normalized spacial score (nSPS) is 38.7. The fourth-order valence-corrected chi connectivity index (χ4v) is 4.92. The number of hydrogen-bond donors (Lipinski definition) is 1. The summed E-state index contributed by atoms with van der Waals surface area (Å²) in [6, 6.07) is 0. The van der Waals surface area contributed by atoms with Gasteiger partial charge in [0, 0.05) is 18.1 Å².